The van der Waals surface area contributed by atoms with Crippen LogP contribution in [-0.2, 0) is 22.1 Å². The summed E-state index contributed by atoms with van der Waals surface area (Å²) in [6, 6.07) is 16.5. The van der Waals surface area contributed by atoms with E-state index >= 15 is 4.39 Å². The van der Waals surface area contributed by atoms with Gasteiger partial charge >= 0.3 is 0 Å². The number of alkyl halides is 1. The number of non-ortho nitro benzene ring substituents is 1. The topological polar surface area (TPSA) is 89.3 Å². The standard InChI is InChI=1S/C22H19BrClFN2O4S/c1-15(26-32(30,31)21-11-9-20(10-12-21)27(28)29)22(25,17-3-2-4-18(23)13-17)14-16-5-7-19(24)8-6-16/h2-13,15,26H,14H2,1H3/t15?,22-/m1/s1. The third-order valence-electron chi connectivity index (χ3n) is 5.06. The van der Waals surface area contributed by atoms with Crippen LogP contribution in [-0.4, -0.2) is 19.4 Å². The van der Waals surface area contributed by atoms with Gasteiger partial charge in [-0.05, 0) is 54.4 Å². The summed E-state index contributed by atoms with van der Waals surface area (Å²) < 4.78 is 45.5. The van der Waals surface area contributed by atoms with E-state index in [4.69, 9.17) is 11.6 Å². The summed E-state index contributed by atoms with van der Waals surface area (Å²) >= 11 is 9.27. The quantitative estimate of drug-likeness (QED) is 0.289. The molecule has 3 aromatic carbocycles. The average Bonchev–Trinajstić information content (AvgIpc) is 2.75. The molecule has 2 atom stereocenters. The molecule has 0 heterocycles. The summed E-state index contributed by atoms with van der Waals surface area (Å²) in [4.78, 5) is 10.0. The van der Waals surface area contributed by atoms with Gasteiger partial charge in [-0.15, -0.1) is 0 Å². The highest BCUT2D eigenvalue weighted by Crippen LogP contribution is 2.36. The zero-order chi connectivity index (χ0) is 23.5. The smallest absolute Gasteiger partial charge is 0.258 e. The number of sulfonamides is 1. The van der Waals surface area contributed by atoms with Crippen LogP contribution in [0.25, 0.3) is 0 Å². The highest BCUT2D eigenvalue weighted by atomic mass is 79.9. The summed E-state index contributed by atoms with van der Waals surface area (Å²) in [5.41, 5.74) is -1.42. The van der Waals surface area contributed by atoms with Crippen molar-refractivity contribution in [2.24, 2.45) is 0 Å². The van der Waals surface area contributed by atoms with E-state index < -0.39 is 26.7 Å². The van der Waals surface area contributed by atoms with Gasteiger partial charge in [0.25, 0.3) is 5.69 Å². The number of hydrogen-bond acceptors (Lipinski definition) is 4. The van der Waals surface area contributed by atoms with Crippen LogP contribution in [0.2, 0.25) is 5.02 Å². The van der Waals surface area contributed by atoms with Gasteiger partial charge < -0.3 is 0 Å². The summed E-state index contributed by atoms with van der Waals surface area (Å²) in [5, 5.41) is 11.3. The maximum absolute atomic E-state index is 16.6. The molecule has 0 fully saturated rings. The normalized spacial score (nSPS) is 14.5. The molecule has 3 aromatic rings. The molecular formula is C22H19BrClFN2O4S. The molecule has 0 amide bonds. The molecule has 0 aliphatic rings. The van der Waals surface area contributed by atoms with E-state index in [0.717, 1.165) is 24.3 Å². The van der Waals surface area contributed by atoms with E-state index in [1.807, 2.05) is 0 Å². The Kier molecular flexibility index (Phi) is 7.34. The molecule has 0 aromatic heterocycles. The van der Waals surface area contributed by atoms with Crippen LogP contribution >= 0.6 is 27.5 Å². The third-order valence-corrected chi connectivity index (χ3v) is 7.36. The second-order valence-corrected chi connectivity index (χ2v) is 10.3. The lowest BCUT2D eigenvalue weighted by Gasteiger charge is -2.33. The van der Waals surface area contributed by atoms with Gasteiger partial charge in [0.15, 0.2) is 5.67 Å². The van der Waals surface area contributed by atoms with E-state index in [1.54, 1.807) is 48.5 Å². The van der Waals surface area contributed by atoms with Crippen LogP contribution in [0.3, 0.4) is 0 Å². The van der Waals surface area contributed by atoms with Gasteiger partial charge in [-0.2, -0.15) is 0 Å². The molecule has 10 heteroatoms. The van der Waals surface area contributed by atoms with Gasteiger partial charge in [0.05, 0.1) is 15.9 Å². The van der Waals surface area contributed by atoms with Crippen molar-refractivity contribution in [3.05, 3.63) is 104 Å². The Hall–Kier alpha value is -2.33. The SMILES string of the molecule is CC(NS(=O)(=O)c1ccc([N+](=O)[O-])cc1)[C@](F)(Cc1ccc(Cl)cc1)c1cccc(Br)c1. The molecule has 168 valence electrons. The Morgan fingerprint density at radius 2 is 1.75 bits per heavy atom. The monoisotopic (exact) mass is 540 g/mol. The Morgan fingerprint density at radius 3 is 2.31 bits per heavy atom. The average molecular weight is 542 g/mol. The zero-order valence-electron chi connectivity index (χ0n) is 16.8. The molecule has 0 saturated heterocycles. The van der Waals surface area contributed by atoms with Crippen LogP contribution < -0.4 is 4.72 Å². The second-order valence-electron chi connectivity index (χ2n) is 7.27. The highest BCUT2D eigenvalue weighted by Gasteiger charge is 2.41. The van der Waals surface area contributed by atoms with Crippen molar-refractivity contribution in [1.29, 1.82) is 0 Å². The van der Waals surface area contributed by atoms with Crippen LogP contribution in [0, 0.1) is 10.1 Å². The fourth-order valence-electron chi connectivity index (χ4n) is 3.29. The van der Waals surface area contributed by atoms with E-state index in [0.29, 0.717) is 20.6 Å². The van der Waals surface area contributed by atoms with Crippen LogP contribution in [0.1, 0.15) is 18.1 Å². The first-order valence-electron chi connectivity index (χ1n) is 9.47. The maximum Gasteiger partial charge on any atom is 0.269 e. The predicted molar refractivity (Wildman–Crippen MR) is 125 cm³/mol. The number of nitro groups is 1. The molecular weight excluding hydrogens is 523 g/mol. The number of nitrogens with one attached hydrogen (secondary N) is 1. The third kappa shape index (κ3) is 5.53. The molecule has 1 N–H and O–H groups in total. The predicted octanol–water partition coefficient (Wildman–Crippen LogP) is 5.79. The van der Waals surface area contributed by atoms with Gasteiger partial charge in [0.2, 0.25) is 10.0 Å². The Bertz CT molecular complexity index is 1220. The molecule has 0 aliphatic carbocycles. The first kappa shape index (κ1) is 24.3. The first-order chi connectivity index (χ1) is 15.0. The van der Waals surface area contributed by atoms with Crippen molar-refractivity contribution in [3.8, 4) is 0 Å². The summed E-state index contributed by atoms with van der Waals surface area (Å²) in [6.07, 6.45) is -0.107. The molecule has 0 aliphatic heterocycles. The molecule has 0 spiro atoms. The second kappa shape index (κ2) is 9.66. The van der Waals surface area contributed by atoms with Crippen LogP contribution in [0.4, 0.5) is 10.1 Å². The number of halogens is 3. The van der Waals surface area contributed by atoms with Crippen LogP contribution in [0.5, 0.6) is 0 Å². The highest BCUT2D eigenvalue weighted by molar-refractivity contribution is 9.10. The minimum Gasteiger partial charge on any atom is -0.258 e. The molecule has 0 bridgehead atoms. The summed E-state index contributed by atoms with van der Waals surface area (Å²) in [5.74, 6) is 0. The first-order valence-corrected chi connectivity index (χ1v) is 12.1. The zero-order valence-corrected chi connectivity index (χ0v) is 20.0. The number of nitro benzene ring substituents is 1. The number of hydrogen-bond donors (Lipinski definition) is 1. The number of nitrogens with zero attached hydrogens (tertiary/aromatic N) is 1. The van der Waals surface area contributed by atoms with Gasteiger partial charge in [0.1, 0.15) is 0 Å². The Morgan fingerprint density at radius 1 is 1.12 bits per heavy atom. The summed E-state index contributed by atoms with van der Waals surface area (Å²) in [6.45, 7) is 1.44. The van der Waals surface area contributed by atoms with Crippen molar-refractivity contribution in [1.82, 2.24) is 4.72 Å². The lowest BCUT2D eigenvalue weighted by molar-refractivity contribution is -0.384. The van der Waals surface area contributed by atoms with Crippen molar-refractivity contribution < 1.29 is 17.7 Å². The number of rotatable bonds is 8. The minimum absolute atomic E-state index is 0.107. The minimum atomic E-state index is -4.15. The molecule has 32 heavy (non-hydrogen) atoms. The van der Waals surface area contributed by atoms with Crippen LogP contribution in [0.15, 0.2) is 82.2 Å². The van der Waals surface area contributed by atoms with Crippen molar-refractivity contribution in [2.45, 2.75) is 30.0 Å². The van der Waals surface area contributed by atoms with Crippen molar-refractivity contribution in [3.63, 3.8) is 0 Å². The van der Waals surface area contributed by atoms with Gasteiger partial charge in [0, 0.05) is 28.0 Å². The lowest BCUT2D eigenvalue weighted by atomic mass is 9.84. The lowest BCUT2D eigenvalue weighted by Crippen LogP contribution is -2.47. The Balaban J connectivity index is 1.96. The maximum atomic E-state index is 16.6. The fourth-order valence-corrected chi connectivity index (χ4v) is 5.10. The van der Waals surface area contributed by atoms with E-state index in [1.165, 1.54) is 6.92 Å². The molecule has 1 unspecified atom stereocenters. The van der Waals surface area contributed by atoms with Crippen molar-refractivity contribution in [2.75, 3.05) is 0 Å². The number of benzene rings is 3. The van der Waals surface area contributed by atoms with E-state index in [2.05, 4.69) is 20.7 Å². The molecule has 0 saturated carbocycles. The van der Waals surface area contributed by atoms with Crippen molar-refractivity contribution >= 4 is 43.2 Å². The largest absolute Gasteiger partial charge is 0.269 e. The Labute approximate surface area is 198 Å². The molecule has 3 rings (SSSR count). The summed E-state index contributed by atoms with van der Waals surface area (Å²) in [7, 11) is -4.15. The van der Waals surface area contributed by atoms with Gasteiger partial charge in [-0.3, -0.25) is 10.1 Å². The fraction of sp³-hybridized carbons (Fsp3) is 0.182. The molecule has 0 radical (unpaired) electrons. The van der Waals surface area contributed by atoms with Gasteiger partial charge in [-0.1, -0.05) is 51.8 Å². The van der Waals surface area contributed by atoms with Gasteiger partial charge in [-0.25, -0.2) is 17.5 Å². The molecule has 6 nitrogen and oxygen atoms in total. The van der Waals surface area contributed by atoms with E-state index in [-0.39, 0.29) is 17.0 Å². The van der Waals surface area contributed by atoms with E-state index in [9.17, 15) is 18.5 Å².